The lowest BCUT2D eigenvalue weighted by Crippen LogP contribution is -2.03. The molecule has 0 amide bonds. The molecule has 0 aliphatic heterocycles. The molecular weight excluding hydrogens is 128 g/mol. The number of hydrogen-bond acceptors (Lipinski definition) is 2. The van der Waals surface area contributed by atoms with E-state index in [-0.39, 0.29) is 0 Å². The Bertz CT molecular complexity index is 207. The largest absolute Gasteiger partial charge is 0.385 e. The minimum Gasteiger partial charge on any atom is -0.385 e. The van der Waals surface area contributed by atoms with Gasteiger partial charge in [0.2, 0.25) is 0 Å². The van der Waals surface area contributed by atoms with E-state index in [0.717, 1.165) is 5.82 Å². The third-order valence-electron chi connectivity index (χ3n) is 1.54. The zero-order valence-electron chi connectivity index (χ0n) is 6.28. The van der Waals surface area contributed by atoms with Crippen LogP contribution in [0, 0.1) is 0 Å². The molecule has 1 rings (SSSR count). The molecule has 10 heavy (non-hydrogen) atoms. The van der Waals surface area contributed by atoms with Crippen LogP contribution < -0.4 is 0 Å². The quantitative estimate of drug-likeness (QED) is 0.661. The Hall–Kier alpha value is -0.830. The van der Waals surface area contributed by atoms with Crippen LogP contribution in [-0.2, 0) is 7.05 Å². The number of aliphatic hydroxyl groups is 1. The SMILES string of the molecule is CCC(O)c1nccn1C. The smallest absolute Gasteiger partial charge is 0.137 e. The Morgan fingerprint density at radius 2 is 2.50 bits per heavy atom. The number of aliphatic hydroxyl groups excluding tert-OH is 1. The molecule has 1 heterocycles. The summed E-state index contributed by atoms with van der Waals surface area (Å²) in [6.45, 7) is 1.93. The predicted octanol–water partition coefficient (Wildman–Crippen LogP) is 0.863. The van der Waals surface area contributed by atoms with Crippen molar-refractivity contribution in [3.8, 4) is 0 Å². The Morgan fingerprint density at radius 1 is 1.80 bits per heavy atom. The van der Waals surface area contributed by atoms with Crippen molar-refractivity contribution in [1.29, 1.82) is 0 Å². The Labute approximate surface area is 60.3 Å². The van der Waals surface area contributed by atoms with Crippen LogP contribution in [0.5, 0.6) is 0 Å². The average molecular weight is 140 g/mol. The zero-order chi connectivity index (χ0) is 7.56. The van der Waals surface area contributed by atoms with Gasteiger partial charge in [-0.15, -0.1) is 0 Å². The van der Waals surface area contributed by atoms with Crippen molar-refractivity contribution in [2.45, 2.75) is 19.4 Å². The monoisotopic (exact) mass is 140 g/mol. The highest BCUT2D eigenvalue weighted by Crippen LogP contribution is 2.11. The van der Waals surface area contributed by atoms with Crippen molar-refractivity contribution in [3.05, 3.63) is 18.2 Å². The first kappa shape index (κ1) is 7.28. The van der Waals surface area contributed by atoms with Crippen molar-refractivity contribution in [3.63, 3.8) is 0 Å². The summed E-state index contributed by atoms with van der Waals surface area (Å²) in [5, 5.41) is 9.32. The van der Waals surface area contributed by atoms with Crippen LogP contribution >= 0.6 is 0 Å². The van der Waals surface area contributed by atoms with E-state index in [1.54, 1.807) is 6.20 Å². The molecule has 1 N–H and O–H groups in total. The van der Waals surface area contributed by atoms with Gasteiger partial charge in [0.1, 0.15) is 11.9 Å². The minimum absolute atomic E-state index is 0.417. The topological polar surface area (TPSA) is 38.1 Å². The van der Waals surface area contributed by atoms with E-state index in [1.165, 1.54) is 0 Å². The van der Waals surface area contributed by atoms with E-state index in [1.807, 2.05) is 24.7 Å². The van der Waals surface area contributed by atoms with Crippen LogP contribution in [0.4, 0.5) is 0 Å². The average Bonchev–Trinajstić information content (AvgIpc) is 2.34. The summed E-state index contributed by atoms with van der Waals surface area (Å²) in [4.78, 5) is 4.00. The second-order valence-corrected chi connectivity index (χ2v) is 2.32. The fourth-order valence-corrected chi connectivity index (χ4v) is 0.881. The molecule has 56 valence electrons. The lowest BCUT2D eigenvalue weighted by Gasteiger charge is -2.05. The molecule has 0 spiro atoms. The molecule has 3 heteroatoms. The molecule has 1 unspecified atom stereocenters. The predicted molar refractivity (Wildman–Crippen MR) is 38.5 cm³/mol. The molecule has 0 aliphatic rings. The molecule has 1 aromatic heterocycles. The maximum absolute atomic E-state index is 9.32. The lowest BCUT2D eigenvalue weighted by molar-refractivity contribution is 0.160. The Morgan fingerprint density at radius 3 is 2.90 bits per heavy atom. The van der Waals surface area contributed by atoms with Crippen LogP contribution in [0.1, 0.15) is 25.3 Å². The van der Waals surface area contributed by atoms with Gasteiger partial charge in [-0.3, -0.25) is 0 Å². The van der Waals surface area contributed by atoms with Gasteiger partial charge in [-0.05, 0) is 6.42 Å². The highest BCUT2D eigenvalue weighted by molar-refractivity contribution is 4.94. The second-order valence-electron chi connectivity index (χ2n) is 2.32. The first-order chi connectivity index (χ1) is 4.75. The first-order valence-electron chi connectivity index (χ1n) is 3.41. The third kappa shape index (κ3) is 1.19. The number of rotatable bonds is 2. The van der Waals surface area contributed by atoms with Gasteiger partial charge in [0, 0.05) is 19.4 Å². The number of aromatic nitrogens is 2. The normalized spacial score (nSPS) is 13.5. The van der Waals surface area contributed by atoms with Crippen LogP contribution in [0.15, 0.2) is 12.4 Å². The van der Waals surface area contributed by atoms with Crippen molar-refractivity contribution >= 4 is 0 Å². The van der Waals surface area contributed by atoms with Gasteiger partial charge in [0.05, 0.1) is 0 Å². The summed E-state index contributed by atoms with van der Waals surface area (Å²) in [5.41, 5.74) is 0. The number of hydrogen-bond donors (Lipinski definition) is 1. The van der Waals surface area contributed by atoms with E-state index in [4.69, 9.17) is 0 Å². The van der Waals surface area contributed by atoms with Crippen molar-refractivity contribution in [1.82, 2.24) is 9.55 Å². The fourth-order valence-electron chi connectivity index (χ4n) is 0.881. The summed E-state index contributed by atoms with van der Waals surface area (Å²) in [7, 11) is 1.88. The highest BCUT2D eigenvalue weighted by atomic mass is 16.3. The zero-order valence-corrected chi connectivity index (χ0v) is 6.28. The summed E-state index contributed by atoms with van der Waals surface area (Å²) < 4.78 is 1.83. The number of aryl methyl sites for hydroxylation is 1. The summed E-state index contributed by atoms with van der Waals surface area (Å²) >= 11 is 0. The van der Waals surface area contributed by atoms with Gasteiger partial charge >= 0.3 is 0 Å². The molecule has 0 fully saturated rings. The van der Waals surface area contributed by atoms with Gasteiger partial charge < -0.3 is 9.67 Å². The molecular formula is C7H12N2O. The van der Waals surface area contributed by atoms with Gasteiger partial charge in [-0.2, -0.15) is 0 Å². The van der Waals surface area contributed by atoms with Gasteiger partial charge in [-0.25, -0.2) is 4.98 Å². The minimum atomic E-state index is -0.417. The van der Waals surface area contributed by atoms with Gasteiger partial charge in [0.25, 0.3) is 0 Å². The molecule has 0 bridgehead atoms. The Balaban J connectivity index is 2.82. The molecule has 3 nitrogen and oxygen atoms in total. The van der Waals surface area contributed by atoms with E-state index in [0.29, 0.717) is 6.42 Å². The lowest BCUT2D eigenvalue weighted by atomic mass is 10.3. The molecule has 1 aromatic rings. The maximum atomic E-state index is 9.32. The van der Waals surface area contributed by atoms with E-state index in [9.17, 15) is 5.11 Å². The van der Waals surface area contributed by atoms with E-state index < -0.39 is 6.10 Å². The molecule has 0 aliphatic carbocycles. The van der Waals surface area contributed by atoms with E-state index >= 15 is 0 Å². The molecule has 0 radical (unpaired) electrons. The van der Waals surface area contributed by atoms with Crippen LogP contribution in [-0.4, -0.2) is 14.7 Å². The summed E-state index contributed by atoms with van der Waals surface area (Å²) in [5.74, 6) is 0.738. The van der Waals surface area contributed by atoms with Crippen molar-refractivity contribution in [2.24, 2.45) is 7.05 Å². The third-order valence-corrected chi connectivity index (χ3v) is 1.54. The second kappa shape index (κ2) is 2.84. The van der Waals surface area contributed by atoms with Gasteiger partial charge in [-0.1, -0.05) is 6.92 Å². The summed E-state index contributed by atoms with van der Waals surface area (Å²) in [6.07, 6.45) is 3.81. The first-order valence-corrected chi connectivity index (χ1v) is 3.41. The van der Waals surface area contributed by atoms with Crippen LogP contribution in [0.3, 0.4) is 0 Å². The highest BCUT2D eigenvalue weighted by Gasteiger charge is 2.07. The number of nitrogens with zero attached hydrogens (tertiary/aromatic N) is 2. The van der Waals surface area contributed by atoms with Crippen LogP contribution in [0.25, 0.3) is 0 Å². The number of imidazole rings is 1. The fraction of sp³-hybridized carbons (Fsp3) is 0.571. The molecule has 1 atom stereocenters. The molecule has 0 aromatic carbocycles. The standard InChI is InChI=1S/C7H12N2O/c1-3-6(10)7-8-4-5-9(7)2/h4-6,10H,3H2,1-2H3. The van der Waals surface area contributed by atoms with E-state index in [2.05, 4.69) is 4.98 Å². The van der Waals surface area contributed by atoms with Gasteiger partial charge in [0.15, 0.2) is 0 Å². The van der Waals surface area contributed by atoms with Crippen molar-refractivity contribution in [2.75, 3.05) is 0 Å². The Kier molecular flexibility index (Phi) is 2.06. The van der Waals surface area contributed by atoms with Crippen LogP contribution in [0.2, 0.25) is 0 Å². The summed E-state index contributed by atoms with van der Waals surface area (Å²) in [6, 6.07) is 0. The molecule has 0 saturated heterocycles. The van der Waals surface area contributed by atoms with Crippen molar-refractivity contribution < 1.29 is 5.11 Å². The molecule has 0 saturated carbocycles. The maximum Gasteiger partial charge on any atom is 0.137 e.